The molecular formula is C8H12N2O2S. The predicted octanol–water partition coefficient (Wildman–Crippen LogP) is 0.681. The van der Waals surface area contributed by atoms with Crippen molar-refractivity contribution in [1.29, 1.82) is 0 Å². The lowest BCUT2D eigenvalue weighted by Gasteiger charge is -2.03. The van der Waals surface area contributed by atoms with E-state index in [-0.39, 0.29) is 6.61 Å². The zero-order chi connectivity index (χ0) is 10.1. The van der Waals surface area contributed by atoms with Gasteiger partial charge in [-0.25, -0.2) is 9.79 Å². The highest BCUT2D eigenvalue weighted by atomic mass is 32.1. The fourth-order valence-corrected chi connectivity index (χ4v) is 0.739. The fraction of sp³-hybridized carbons (Fsp3) is 0.375. The zero-order valence-corrected chi connectivity index (χ0v) is 8.26. The minimum atomic E-state index is -0.438. The van der Waals surface area contributed by atoms with E-state index in [1.165, 1.54) is 0 Å². The number of carbonyl (C=O) groups is 1. The molecule has 0 aromatic carbocycles. The Balaban J connectivity index is 3.40. The average molecular weight is 200 g/mol. The Morgan fingerprint density at radius 1 is 1.77 bits per heavy atom. The number of thiocarbonyl (C=S) groups is 1. The summed E-state index contributed by atoms with van der Waals surface area (Å²) >= 11 is 4.79. The van der Waals surface area contributed by atoms with E-state index in [4.69, 9.17) is 12.2 Å². The van der Waals surface area contributed by atoms with E-state index in [1.807, 2.05) is 0 Å². The molecule has 5 heteroatoms. The van der Waals surface area contributed by atoms with E-state index in [2.05, 4.69) is 21.6 Å². The highest BCUT2D eigenvalue weighted by Crippen LogP contribution is 1.79. The molecule has 0 amide bonds. The highest BCUT2D eigenvalue weighted by Gasteiger charge is 1.94. The van der Waals surface area contributed by atoms with Gasteiger partial charge in [-0.05, 0) is 19.1 Å². The van der Waals surface area contributed by atoms with Crippen LogP contribution in [0.3, 0.4) is 0 Å². The van der Waals surface area contributed by atoms with Crippen molar-refractivity contribution in [2.75, 3.05) is 13.2 Å². The van der Waals surface area contributed by atoms with Crippen LogP contribution in [0.1, 0.15) is 6.92 Å². The van der Waals surface area contributed by atoms with Gasteiger partial charge in [0, 0.05) is 12.3 Å². The molecular weight excluding hydrogens is 188 g/mol. The molecule has 0 saturated carbocycles. The van der Waals surface area contributed by atoms with Crippen LogP contribution in [0.15, 0.2) is 17.6 Å². The monoisotopic (exact) mass is 200 g/mol. The summed E-state index contributed by atoms with van der Waals surface area (Å²) < 4.78 is 4.69. The van der Waals surface area contributed by atoms with E-state index in [1.54, 1.807) is 13.1 Å². The van der Waals surface area contributed by atoms with Crippen molar-refractivity contribution in [1.82, 2.24) is 5.32 Å². The van der Waals surface area contributed by atoms with Crippen molar-refractivity contribution < 1.29 is 9.53 Å². The molecule has 0 aliphatic rings. The molecule has 13 heavy (non-hydrogen) atoms. The zero-order valence-electron chi connectivity index (χ0n) is 7.45. The molecule has 0 saturated heterocycles. The quantitative estimate of drug-likeness (QED) is 0.238. The van der Waals surface area contributed by atoms with Gasteiger partial charge < -0.3 is 10.1 Å². The van der Waals surface area contributed by atoms with Crippen LogP contribution in [0.5, 0.6) is 0 Å². The third-order valence-electron chi connectivity index (χ3n) is 1.04. The van der Waals surface area contributed by atoms with Crippen molar-refractivity contribution in [2.24, 2.45) is 4.99 Å². The molecule has 72 valence electrons. The number of aliphatic imine (C=N–C) groups is 1. The van der Waals surface area contributed by atoms with E-state index >= 15 is 0 Å². The largest absolute Gasteiger partial charge is 0.461 e. The molecule has 0 bridgehead atoms. The topological polar surface area (TPSA) is 50.7 Å². The summed E-state index contributed by atoms with van der Waals surface area (Å²) in [4.78, 5) is 14.3. The molecule has 0 radical (unpaired) electrons. The van der Waals surface area contributed by atoms with Gasteiger partial charge in [0.05, 0.1) is 6.54 Å². The number of hydrogen-bond donors (Lipinski definition) is 1. The van der Waals surface area contributed by atoms with Crippen LogP contribution in [-0.4, -0.2) is 30.4 Å². The number of ether oxygens (including phenoxy) is 1. The molecule has 0 aliphatic heterocycles. The molecule has 0 aromatic heterocycles. The van der Waals surface area contributed by atoms with Crippen LogP contribution >= 0.6 is 12.2 Å². The molecule has 0 atom stereocenters. The Morgan fingerprint density at radius 3 is 3.00 bits per heavy atom. The maximum atomic E-state index is 10.6. The van der Waals surface area contributed by atoms with Crippen LogP contribution in [0.4, 0.5) is 0 Å². The average Bonchev–Trinajstić information content (AvgIpc) is 2.12. The summed E-state index contributed by atoms with van der Waals surface area (Å²) in [6, 6.07) is 0. The summed E-state index contributed by atoms with van der Waals surface area (Å²) in [7, 11) is 0. The summed E-state index contributed by atoms with van der Waals surface area (Å²) in [5, 5.41) is 3.17. The van der Waals surface area contributed by atoms with Gasteiger partial charge in [0.1, 0.15) is 6.61 Å². The van der Waals surface area contributed by atoms with Crippen molar-refractivity contribution in [3.05, 3.63) is 12.7 Å². The third kappa shape index (κ3) is 7.14. The molecule has 0 fully saturated rings. The number of carbonyl (C=O) groups excluding carboxylic acids is 1. The Labute approximate surface area is 82.7 Å². The Morgan fingerprint density at radius 2 is 2.46 bits per heavy atom. The minimum absolute atomic E-state index is 0.254. The number of nitrogens with zero attached hydrogens (tertiary/aromatic N) is 1. The second kappa shape index (κ2) is 7.42. The molecule has 4 nitrogen and oxygen atoms in total. The maximum Gasteiger partial charge on any atom is 0.330 e. The second-order valence-electron chi connectivity index (χ2n) is 1.99. The van der Waals surface area contributed by atoms with Gasteiger partial charge in [-0.15, -0.1) is 0 Å². The Kier molecular flexibility index (Phi) is 6.72. The number of hydrogen-bond acceptors (Lipinski definition) is 3. The van der Waals surface area contributed by atoms with Crippen LogP contribution < -0.4 is 5.32 Å². The molecule has 0 heterocycles. The summed E-state index contributed by atoms with van der Waals surface area (Å²) in [6.45, 7) is 5.74. The van der Waals surface area contributed by atoms with Gasteiger partial charge in [-0.3, -0.25) is 0 Å². The van der Waals surface area contributed by atoms with Crippen molar-refractivity contribution in [3.8, 4) is 0 Å². The first-order valence-corrected chi connectivity index (χ1v) is 4.17. The molecule has 0 aliphatic carbocycles. The first-order valence-electron chi connectivity index (χ1n) is 3.76. The van der Waals surface area contributed by atoms with Gasteiger partial charge in [0.25, 0.3) is 0 Å². The van der Waals surface area contributed by atoms with Gasteiger partial charge in [-0.2, -0.15) is 0 Å². The third-order valence-corrected chi connectivity index (χ3v) is 1.29. The van der Waals surface area contributed by atoms with Crippen molar-refractivity contribution in [3.63, 3.8) is 0 Å². The number of esters is 1. The smallest absolute Gasteiger partial charge is 0.330 e. The Hall–Kier alpha value is -1.23. The van der Waals surface area contributed by atoms with Crippen LogP contribution in [-0.2, 0) is 9.53 Å². The summed E-state index contributed by atoms with van der Waals surface area (Å²) in [5.41, 5.74) is 0. The second-order valence-corrected chi connectivity index (χ2v) is 2.38. The SMILES string of the molecule is C=CC(=O)OCCNC(=S)N=CC. The first kappa shape index (κ1) is 11.8. The van der Waals surface area contributed by atoms with E-state index in [0.717, 1.165) is 6.08 Å². The van der Waals surface area contributed by atoms with Gasteiger partial charge in [-0.1, -0.05) is 6.58 Å². The normalized spacial score (nSPS) is 9.62. The van der Waals surface area contributed by atoms with Crippen LogP contribution in [0.25, 0.3) is 0 Å². The molecule has 0 aromatic rings. The van der Waals surface area contributed by atoms with E-state index < -0.39 is 5.97 Å². The summed E-state index contributed by atoms with van der Waals surface area (Å²) in [6.07, 6.45) is 2.70. The van der Waals surface area contributed by atoms with Crippen LogP contribution in [0.2, 0.25) is 0 Å². The van der Waals surface area contributed by atoms with Gasteiger partial charge in [0.2, 0.25) is 0 Å². The predicted molar refractivity (Wildman–Crippen MR) is 55.9 cm³/mol. The minimum Gasteiger partial charge on any atom is -0.461 e. The molecule has 0 rings (SSSR count). The van der Waals surface area contributed by atoms with Gasteiger partial charge in [0.15, 0.2) is 5.11 Å². The molecule has 0 unspecified atom stereocenters. The number of nitrogens with one attached hydrogen (secondary N) is 1. The molecule has 0 spiro atoms. The van der Waals surface area contributed by atoms with Crippen molar-refractivity contribution in [2.45, 2.75) is 6.92 Å². The highest BCUT2D eigenvalue weighted by molar-refractivity contribution is 7.80. The summed E-state index contributed by atoms with van der Waals surface area (Å²) in [5.74, 6) is -0.438. The lowest BCUT2D eigenvalue weighted by molar-refractivity contribution is -0.137. The van der Waals surface area contributed by atoms with Crippen molar-refractivity contribution >= 4 is 29.5 Å². The lowest BCUT2D eigenvalue weighted by atomic mass is 10.6. The Bertz CT molecular complexity index is 226. The maximum absolute atomic E-state index is 10.6. The van der Waals surface area contributed by atoms with E-state index in [9.17, 15) is 4.79 Å². The van der Waals surface area contributed by atoms with Crippen LogP contribution in [0, 0.1) is 0 Å². The lowest BCUT2D eigenvalue weighted by Crippen LogP contribution is -2.24. The first-order chi connectivity index (χ1) is 6.20. The standard InChI is InChI=1S/C8H12N2O2S/c1-3-7(11)12-6-5-10-8(13)9-4-2/h3-4H,1,5-6H2,2H3,(H,10,13). The number of rotatable bonds is 4. The molecule has 1 N–H and O–H groups in total. The van der Waals surface area contributed by atoms with E-state index in [0.29, 0.717) is 11.7 Å². The van der Waals surface area contributed by atoms with Gasteiger partial charge >= 0.3 is 5.97 Å². The fourth-order valence-electron chi connectivity index (χ4n) is 0.531.